The largest absolute Gasteiger partial charge is 0.495 e. The Morgan fingerprint density at radius 3 is 2.81 bits per heavy atom. The minimum Gasteiger partial charge on any atom is -0.495 e. The predicted molar refractivity (Wildman–Crippen MR) is 124 cm³/mol. The predicted octanol–water partition coefficient (Wildman–Crippen LogP) is 4.60. The lowest BCUT2D eigenvalue weighted by Crippen LogP contribution is -2.41. The fourth-order valence-electron chi connectivity index (χ4n) is 3.53. The van der Waals surface area contributed by atoms with Crippen molar-refractivity contribution in [2.45, 2.75) is 43.1 Å². The number of para-hydroxylation sites is 1. The molecule has 0 saturated heterocycles. The van der Waals surface area contributed by atoms with E-state index in [1.807, 2.05) is 54.1 Å². The summed E-state index contributed by atoms with van der Waals surface area (Å²) in [6.07, 6.45) is 1.73. The van der Waals surface area contributed by atoms with Crippen LogP contribution in [0.25, 0.3) is 0 Å². The zero-order chi connectivity index (χ0) is 22.0. The summed E-state index contributed by atoms with van der Waals surface area (Å²) in [4.78, 5) is 13.4. The van der Waals surface area contributed by atoms with Gasteiger partial charge in [-0.1, -0.05) is 54.6 Å². The van der Waals surface area contributed by atoms with Gasteiger partial charge in [-0.25, -0.2) is 4.68 Å². The number of anilines is 1. The summed E-state index contributed by atoms with van der Waals surface area (Å²) >= 11 is 7.79. The van der Waals surface area contributed by atoms with Crippen molar-refractivity contribution in [3.63, 3.8) is 0 Å². The maximum Gasteiger partial charge on any atom is 0.240 e. The van der Waals surface area contributed by atoms with Crippen molar-refractivity contribution in [1.82, 2.24) is 14.9 Å². The smallest absolute Gasteiger partial charge is 0.240 e. The average Bonchev–Trinajstić information content (AvgIpc) is 3.16. The lowest BCUT2D eigenvalue weighted by molar-refractivity contribution is -0.116. The van der Waals surface area contributed by atoms with E-state index in [-0.39, 0.29) is 11.9 Å². The normalized spacial score (nSPS) is 17.5. The van der Waals surface area contributed by atoms with Crippen LogP contribution in [-0.4, -0.2) is 33.1 Å². The van der Waals surface area contributed by atoms with Crippen molar-refractivity contribution in [2.24, 2.45) is 0 Å². The van der Waals surface area contributed by atoms with E-state index in [1.54, 1.807) is 7.11 Å². The molecule has 3 aromatic rings. The van der Waals surface area contributed by atoms with Crippen LogP contribution in [0.3, 0.4) is 0 Å². The van der Waals surface area contributed by atoms with E-state index >= 15 is 0 Å². The third-order valence-corrected chi connectivity index (χ3v) is 6.68. The molecule has 162 valence electrons. The molecule has 0 fully saturated rings. The molecule has 1 amide bonds. The molecule has 1 aliphatic heterocycles. The molecule has 1 aliphatic rings. The van der Waals surface area contributed by atoms with Gasteiger partial charge in [0.2, 0.25) is 11.1 Å². The van der Waals surface area contributed by atoms with Crippen LogP contribution >= 0.6 is 23.4 Å². The summed E-state index contributed by atoms with van der Waals surface area (Å²) in [6, 6.07) is 13.0. The van der Waals surface area contributed by atoms with Gasteiger partial charge in [0.25, 0.3) is 0 Å². The van der Waals surface area contributed by atoms with E-state index in [9.17, 15) is 4.79 Å². The van der Waals surface area contributed by atoms with Crippen LogP contribution < -0.4 is 15.5 Å². The van der Waals surface area contributed by atoms with Crippen molar-refractivity contribution >= 4 is 35.0 Å². The van der Waals surface area contributed by atoms with Crippen molar-refractivity contribution in [3.8, 4) is 5.75 Å². The van der Waals surface area contributed by atoms with Gasteiger partial charge in [-0.2, -0.15) is 0 Å². The third kappa shape index (κ3) is 4.36. The van der Waals surface area contributed by atoms with E-state index in [0.717, 1.165) is 35.5 Å². The molecule has 2 N–H and O–H groups in total. The topological polar surface area (TPSA) is 81.1 Å². The number of carbonyl (C=O) groups excluding carboxylic acids is 1. The molecular formula is C22H24ClN5O2S. The van der Waals surface area contributed by atoms with Gasteiger partial charge in [0.05, 0.1) is 18.2 Å². The minimum atomic E-state index is -0.477. The quantitative estimate of drug-likeness (QED) is 0.563. The molecule has 0 radical (unpaired) electrons. The molecule has 0 aliphatic carbocycles. The van der Waals surface area contributed by atoms with E-state index in [1.165, 1.54) is 11.8 Å². The number of carbonyl (C=O) groups is 1. The lowest BCUT2D eigenvalue weighted by Gasteiger charge is -2.33. The Kier molecular flexibility index (Phi) is 6.38. The Bertz CT molecular complexity index is 1100. The number of hydrogen-bond donors (Lipinski definition) is 2. The van der Waals surface area contributed by atoms with Crippen LogP contribution in [0.2, 0.25) is 5.02 Å². The van der Waals surface area contributed by atoms with Gasteiger partial charge < -0.3 is 15.5 Å². The van der Waals surface area contributed by atoms with Gasteiger partial charge in [0.1, 0.15) is 11.0 Å². The molecule has 7 nitrogen and oxygen atoms in total. The monoisotopic (exact) mass is 457 g/mol. The number of aryl methyl sites for hydroxylation is 2. The summed E-state index contributed by atoms with van der Waals surface area (Å²) in [7, 11) is 1.58. The minimum absolute atomic E-state index is 0.116. The highest BCUT2D eigenvalue weighted by atomic mass is 35.5. The number of aromatic nitrogens is 3. The molecule has 4 rings (SSSR count). The van der Waals surface area contributed by atoms with Crippen LogP contribution in [0.5, 0.6) is 5.75 Å². The zero-order valence-corrected chi connectivity index (χ0v) is 19.1. The first-order valence-corrected chi connectivity index (χ1v) is 11.3. The fourth-order valence-corrected chi connectivity index (χ4v) is 4.89. The SMILES string of the molecule is CCCc1nnc2n1N[C@@H](c1ccc(OC)c(Cl)c1)[C@H](C(=O)Nc1ccccc1C)S2. The van der Waals surface area contributed by atoms with Crippen molar-refractivity contribution in [3.05, 3.63) is 64.4 Å². The van der Waals surface area contributed by atoms with Crippen molar-refractivity contribution in [2.75, 3.05) is 17.9 Å². The molecule has 2 aromatic carbocycles. The van der Waals surface area contributed by atoms with Gasteiger partial charge in [-0.05, 0) is 42.7 Å². The number of nitrogens with zero attached hydrogens (tertiary/aromatic N) is 3. The number of ether oxygens (including phenoxy) is 1. The highest BCUT2D eigenvalue weighted by Gasteiger charge is 2.38. The second-order valence-corrected chi connectivity index (χ2v) is 8.84. The van der Waals surface area contributed by atoms with Gasteiger partial charge in [-0.3, -0.25) is 4.79 Å². The Balaban J connectivity index is 1.70. The number of benzene rings is 2. The maximum absolute atomic E-state index is 13.4. The molecule has 0 bridgehead atoms. The molecule has 1 aromatic heterocycles. The summed E-state index contributed by atoms with van der Waals surface area (Å²) in [5, 5.41) is 12.3. The number of hydrogen-bond acceptors (Lipinski definition) is 6. The second kappa shape index (κ2) is 9.20. The van der Waals surface area contributed by atoms with Crippen LogP contribution in [0.1, 0.15) is 36.3 Å². The number of halogens is 1. The summed E-state index contributed by atoms with van der Waals surface area (Å²) in [5.41, 5.74) is 6.12. The molecule has 2 atom stereocenters. The highest BCUT2D eigenvalue weighted by Crippen LogP contribution is 2.39. The number of rotatable bonds is 6. The number of thioether (sulfide) groups is 1. The molecule has 31 heavy (non-hydrogen) atoms. The van der Waals surface area contributed by atoms with Gasteiger partial charge in [0, 0.05) is 12.1 Å². The molecule has 9 heteroatoms. The van der Waals surface area contributed by atoms with E-state index < -0.39 is 5.25 Å². The molecular weight excluding hydrogens is 434 g/mol. The summed E-state index contributed by atoms with van der Waals surface area (Å²) in [6.45, 7) is 4.06. The maximum atomic E-state index is 13.4. The van der Waals surface area contributed by atoms with Crippen LogP contribution in [0, 0.1) is 6.92 Å². The Labute approximate surface area is 190 Å². The molecule has 0 unspecified atom stereocenters. The van der Waals surface area contributed by atoms with Crippen molar-refractivity contribution < 1.29 is 9.53 Å². The number of nitrogens with one attached hydrogen (secondary N) is 2. The van der Waals surface area contributed by atoms with Gasteiger partial charge >= 0.3 is 0 Å². The second-order valence-electron chi connectivity index (χ2n) is 7.33. The standard InChI is InChI=1S/C22H24ClN5O2S/c1-4-7-18-25-26-22-28(18)27-19(14-10-11-17(30-3)15(23)12-14)20(31-22)21(29)24-16-9-6-5-8-13(16)2/h5-6,8-12,19-20,27H,4,7H2,1-3H3,(H,24,29)/t19-,20+/m0/s1. The Morgan fingerprint density at radius 1 is 1.29 bits per heavy atom. The van der Waals surface area contributed by atoms with E-state index in [0.29, 0.717) is 15.9 Å². The van der Waals surface area contributed by atoms with Crippen LogP contribution in [0.4, 0.5) is 5.69 Å². The lowest BCUT2D eigenvalue weighted by atomic mass is 10.0. The highest BCUT2D eigenvalue weighted by molar-refractivity contribution is 8.00. The van der Waals surface area contributed by atoms with Gasteiger partial charge in [-0.15, -0.1) is 10.2 Å². The number of fused-ring (bicyclic) bond motifs is 1. The van der Waals surface area contributed by atoms with E-state index in [4.69, 9.17) is 16.3 Å². The fraction of sp³-hybridized carbons (Fsp3) is 0.318. The number of methoxy groups -OCH3 is 1. The third-order valence-electron chi connectivity index (χ3n) is 5.17. The summed E-state index contributed by atoms with van der Waals surface area (Å²) in [5.74, 6) is 1.31. The van der Waals surface area contributed by atoms with E-state index in [2.05, 4.69) is 27.9 Å². The first-order valence-electron chi connectivity index (χ1n) is 10.1. The first kappa shape index (κ1) is 21.5. The molecule has 0 spiro atoms. The van der Waals surface area contributed by atoms with Crippen molar-refractivity contribution in [1.29, 1.82) is 0 Å². The van der Waals surface area contributed by atoms with Gasteiger partial charge in [0.15, 0.2) is 5.82 Å². The van der Waals surface area contributed by atoms with Crippen LogP contribution in [0.15, 0.2) is 47.6 Å². The zero-order valence-electron chi connectivity index (χ0n) is 17.6. The summed E-state index contributed by atoms with van der Waals surface area (Å²) < 4.78 is 7.17. The average molecular weight is 458 g/mol. The van der Waals surface area contributed by atoms with Crippen LogP contribution in [-0.2, 0) is 11.2 Å². The molecule has 2 heterocycles. The first-order chi connectivity index (χ1) is 15.0. The Hall–Kier alpha value is -2.71. The number of amides is 1. The Morgan fingerprint density at radius 2 is 2.10 bits per heavy atom. The molecule has 0 saturated carbocycles.